The molecule has 0 aliphatic heterocycles. The third-order valence-electron chi connectivity index (χ3n) is 3.87. The summed E-state index contributed by atoms with van der Waals surface area (Å²) >= 11 is 0. The summed E-state index contributed by atoms with van der Waals surface area (Å²) in [4.78, 5) is 0. The molecule has 0 N–H and O–H groups in total. The van der Waals surface area contributed by atoms with Crippen LogP contribution < -0.4 is 12.4 Å². The number of quaternary nitrogens is 1. The van der Waals surface area contributed by atoms with Crippen molar-refractivity contribution in [3.05, 3.63) is 0 Å². The van der Waals surface area contributed by atoms with Crippen LogP contribution in [0.5, 0.6) is 0 Å². The lowest BCUT2D eigenvalue weighted by molar-refractivity contribution is -0.926. The first-order valence-corrected chi connectivity index (χ1v) is 5.33. The molecule has 0 bridgehead atoms. The van der Waals surface area contributed by atoms with Crippen molar-refractivity contribution in [1.82, 2.24) is 0 Å². The van der Waals surface area contributed by atoms with Gasteiger partial charge >= 0.3 is 0 Å². The molecule has 1 rings (SSSR count). The molecule has 0 amide bonds. The van der Waals surface area contributed by atoms with Crippen molar-refractivity contribution in [3.8, 4) is 0 Å². The monoisotopic (exact) mass is 205 g/mol. The van der Waals surface area contributed by atoms with Gasteiger partial charge in [-0.05, 0) is 19.3 Å². The first-order chi connectivity index (χ1) is 5.52. The van der Waals surface area contributed by atoms with Crippen LogP contribution in [0, 0.1) is 0 Å². The number of nitrogens with zero attached hydrogens (tertiary/aromatic N) is 1. The van der Waals surface area contributed by atoms with Crippen molar-refractivity contribution in [2.75, 3.05) is 21.1 Å². The molecule has 1 saturated carbocycles. The SMILES string of the molecule is CCC1([N+](C)(C)C)CCCCC1.[Cl-]. The molecular weight excluding hydrogens is 182 g/mol. The molecule has 0 aromatic heterocycles. The van der Waals surface area contributed by atoms with Crippen molar-refractivity contribution >= 4 is 0 Å². The van der Waals surface area contributed by atoms with Gasteiger partial charge in [-0.2, -0.15) is 0 Å². The van der Waals surface area contributed by atoms with Gasteiger partial charge in [-0.15, -0.1) is 0 Å². The molecule has 1 fully saturated rings. The first kappa shape index (κ1) is 13.2. The lowest BCUT2D eigenvalue weighted by atomic mass is 9.77. The minimum atomic E-state index is 0. The zero-order valence-corrected chi connectivity index (χ0v) is 10.3. The number of halogens is 1. The predicted molar refractivity (Wildman–Crippen MR) is 54.1 cm³/mol. The largest absolute Gasteiger partial charge is 1.00 e. The number of hydrogen-bond acceptors (Lipinski definition) is 0. The smallest absolute Gasteiger partial charge is 0.0983 e. The molecule has 2 heteroatoms. The van der Waals surface area contributed by atoms with E-state index in [1.807, 2.05) is 0 Å². The van der Waals surface area contributed by atoms with E-state index in [1.165, 1.54) is 38.5 Å². The van der Waals surface area contributed by atoms with Crippen molar-refractivity contribution < 1.29 is 16.9 Å². The quantitative estimate of drug-likeness (QED) is 0.549. The molecule has 1 nitrogen and oxygen atoms in total. The van der Waals surface area contributed by atoms with E-state index in [9.17, 15) is 0 Å². The van der Waals surface area contributed by atoms with Crippen LogP contribution in [0.1, 0.15) is 45.4 Å². The second-order valence-corrected chi connectivity index (χ2v) is 5.15. The minimum Gasteiger partial charge on any atom is -1.00 e. The number of rotatable bonds is 2. The molecule has 0 unspecified atom stereocenters. The second kappa shape index (κ2) is 4.65. The molecule has 0 atom stereocenters. The van der Waals surface area contributed by atoms with E-state index in [0.29, 0.717) is 5.54 Å². The van der Waals surface area contributed by atoms with Crippen LogP contribution in [0.2, 0.25) is 0 Å². The highest BCUT2D eigenvalue weighted by atomic mass is 35.5. The van der Waals surface area contributed by atoms with Gasteiger partial charge in [-0.1, -0.05) is 13.3 Å². The first-order valence-electron chi connectivity index (χ1n) is 5.33. The standard InChI is InChI=1S/C11H24N.ClH/c1-5-11(12(2,3)4)9-7-6-8-10-11;/h5-10H2,1-4H3;1H/q+1;/p-1. The van der Waals surface area contributed by atoms with Crippen LogP contribution >= 0.6 is 0 Å². The fourth-order valence-corrected chi connectivity index (χ4v) is 2.71. The summed E-state index contributed by atoms with van der Waals surface area (Å²) < 4.78 is 1.16. The van der Waals surface area contributed by atoms with Gasteiger partial charge in [-0.25, -0.2) is 0 Å². The zero-order chi connectivity index (χ0) is 9.24. The van der Waals surface area contributed by atoms with Crippen molar-refractivity contribution in [2.24, 2.45) is 0 Å². The van der Waals surface area contributed by atoms with Crippen LogP contribution in [0.15, 0.2) is 0 Å². The molecule has 0 aromatic carbocycles. The molecule has 1 aliphatic carbocycles. The van der Waals surface area contributed by atoms with Crippen LogP contribution in [0.25, 0.3) is 0 Å². The molecule has 0 spiro atoms. The van der Waals surface area contributed by atoms with Gasteiger partial charge in [0.1, 0.15) is 0 Å². The van der Waals surface area contributed by atoms with Gasteiger partial charge in [0.2, 0.25) is 0 Å². The third kappa shape index (κ3) is 2.60. The summed E-state index contributed by atoms with van der Waals surface area (Å²) in [5, 5.41) is 0. The van der Waals surface area contributed by atoms with E-state index in [1.54, 1.807) is 0 Å². The Balaban J connectivity index is 0.00000144. The van der Waals surface area contributed by atoms with E-state index < -0.39 is 0 Å². The lowest BCUT2D eigenvalue weighted by Crippen LogP contribution is -3.00. The van der Waals surface area contributed by atoms with Crippen molar-refractivity contribution in [2.45, 2.75) is 51.0 Å². The van der Waals surface area contributed by atoms with Gasteiger partial charge in [0, 0.05) is 12.8 Å². The average molecular weight is 206 g/mol. The summed E-state index contributed by atoms with van der Waals surface area (Å²) in [6.45, 7) is 2.36. The summed E-state index contributed by atoms with van der Waals surface area (Å²) in [5.74, 6) is 0. The van der Waals surface area contributed by atoms with Crippen molar-refractivity contribution in [3.63, 3.8) is 0 Å². The normalized spacial score (nSPS) is 22.2. The Bertz CT molecular complexity index is 143. The van der Waals surface area contributed by atoms with E-state index in [2.05, 4.69) is 28.1 Å². The van der Waals surface area contributed by atoms with Crippen LogP contribution in [0.4, 0.5) is 0 Å². The van der Waals surface area contributed by atoms with E-state index >= 15 is 0 Å². The van der Waals surface area contributed by atoms with Gasteiger partial charge in [-0.3, -0.25) is 0 Å². The number of hydrogen-bond donors (Lipinski definition) is 0. The highest BCUT2D eigenvalue weighted by Gasteiger charge is 2.41. The maximum atomic E-state index is 2.36. The van der Waals surface area contributed by atoms with E-state index in [-0.39, 0.29) is 12.4 Å². The lowest BCUT2D eigenvalue weighted by Gasteiger charge is -2.48. The van der Waals surface area contributed by atoms with E-state index in [4.69, 9.17) is 0 Å². The maximum Gasteiger partial charge on any atom is 0.0983 e. The highest BCUT2D eigenvalue weighted by Crippen LogP contribution is 2.37. The Labute approximate surface area is 89.5 Å². The predicted octanol–water partition coefficient (Wildman–Crippen LogP) is -0.190. The molecule has 1 aliphatic rings. The van der Waals surface area contributed by atoms with Crippen LogP contribution in [0.3, 0.4) is 0 Å². The summed E-state index contributed by atoms with van der Waals surface area (Å²) in [5.41, 5.74) is 0.595. The molecule has 80 valence electrons. The molecule has 0 aromatic rings. The summed E-state index contributed by atoms with van der Waals surface area (Å²) in [6, 6.07) is 0. The van der Waals surface area contributed by atoms with Crippen LogP contribution in [-0.4, -0.2) is 31.2 Å². The Morgan fingerprint density at radius 1 is 1.00 bits per heavy atom. The Hall–Kier alpha value is 0.250. The van der Waals surface area contributed by atoms with Gasteiger partial charge in [0.25, 0.3) is 0 Å². The Morgan fingerprint density at radius 2 is 1.46 bits per heavy atom. The molecule has 0 heterocycles. The van der Waals surface area contributed by atoms with Crippen LogP contribution in [-0.2, 0) is 0 Å². The third-order valence-corrected chi connectivity index (χ3v) is 3.87. The van der Waals surface area contributed by atoms with Gasteiger partial charge in [0.05, 0.1) is 26.7 Å². The molecule has 0 radical (unpaired) electrons. The van der Waals surface area contributed by atoms with Gasteiger partial charge < -0.3 is 16.9 Å². The van der Waals surface area contributed by atoms with E-state index in [0.717, 1.165) is 4.48 Å². The maximum absolute atomic E-state index is 2.36. The Morgan fingerprint density at radius 3 is 1.69 bits per heavy atom. The van der Waals surface area contributed by atoms with Crippen molar-refractivity contribution in [1.29, 1.82) is 0 Å². The average Bonchev–Trinajstić information content (AvgIpc) is 2.04. The van der Waals surface area contributed by atoms with Gasteiger partial charge in [0.15, 0.2) is 0 Å². The molecular formula is C11H24ClN. The zero-order valence-electron chi connectivity index (χ0n) is 9.57. The minimum absolute atomic E-state index is 0. The fourth-order valence-electron chi connectivity index (χ4n) is 2.71. The summed E-state index contributed by atoms with van der Waals surface area (Å²) in [7, 11) is 7.07. The molecule has 13 heavy (non-hydrogen) atoms. The second-order valence-electron chi connectivity index (χ2n) is 5.15. The topological polar surface area (TPSA) is 0 Å². The summed E-state index contributed by atoms with van der Waals surface area (Å²) in [6.07, 6.45) is 8.57. The fraction of sp³-hybridized carbons (Fsp3) is 1.00. The Kier molecular flexibility index (Phi) is 4.74. The molecule has 0 saturated heterocycles. The highest BCUT2D eigenvalue weighted by molar-refractivity contribution is 4.82.